The van der Waals surface area contributed by atoms with Crippen molar-refractivity contribution in [2.75, 3.05) is 11.9 Å². The zero-order valence-electron chi connectivity index (χ0n) is 13.9. The van der Waals surface area contributed by atoms with E-state index in [9.17, 15) is 9.59 Å². The number of aryl methyl sites for hydroxylation is 1. The molecule has 5 heteroatoms. The van der Waals surface area contributed by atoms with Crippen LogP contribution in [0.3, 0.4) is 0 Å². The van der Waals surface area contributed by atoms with Crippen molar-refractivity contribution in [1.82, 2.24) is 5.32 Å². The Morgan fingerprint density at radius 3 is 2.62 bits per heavy atom. The monoisotopic (exact) mass is 323 g/mol. The van der Waals surface area contributed by atoms with Crippen molar-refractivity contribution in [1.29, 1.82) is 0 Å². The highest BCUT2D eigenvalue weighted by Crippen LogP contribution is 2.32. The molecular weight excluding hydrogens is 302 g/mol. The molecule has 0 radical (unpaired) electrons. The number of nitrogens with zero attached hydrogens (tertiary/aromatic N) is 1. The second kappa shape index (κ2) is 6.35. The number of urea groups is 1. The van der Waals surface area contributed by atoms with Gasteiger partial charge in [-0.3, -0.25) is 4.79 Å². The Balaban J connectivity index is 1.97. The summed E-state index contributed by atoms with van der Waals surface area (Å²) in [7, 11) is 1.75. The molecule has 0 fully saturated rings. The summed E-state index contributed by atoms with van der Waals surface area (Å²) in [5, 5.41) is 2.53. The first kappa shape index (κ1) is 16.1. The second-order valence-electron chi connectivity index (χ2n) is 6.19. The molecule has 0 saturated heterocycles. The number of rotatable bonds is 3. The van der Waals surface area contributed by atoms with Crippen LogP contribution in [0.2, 0.25) is 0 Å². The maximum Gasteiger partial charge on any atom is 0.312 e. The number of carbonyl (C=O) groups is 2. The van der Waals surface area contributed by atoms with Gasteiger partial charge in [0.1, 0.15) is 6.04 Å². The van der Waals surface area contributed by atoms with Gasteiger partial charge in [-0.1, -0.05) is 42.5 Å². The number of para-hydroxylation sites is 1. The number of primary amides is 1. The topological polar surface area (TPSA) is 75.4 Å². The van der Waals surface area contributed by atoms with E-state index < -0.39 is 12.1 Å². The molecule has 1 aliphatic rings. The maximum absolute atomic E-state index is 12.6. The van der Waals surface area contributed by atoms with Gasteiger partial charge in [0.15, 0.2) is 0 Å². The molecule has 0 aromatic heterocycles. The summed E-state index contributed by atoms with van der Waals surface area (Å²) >= 11 is 0. The van der Waals surface area contributed by atoms with Crippen LogP contribution in [0.5, 0.6) is 0 Å². The van der Waals surface area contributed by atoms with E-state index in [1.165, 1.54) is 11.1 Å². The van der Waals surface area contributed by atoms with Crippen LogP contribution in [-0.4, -0.2) is 25.0 Å². The van der Waals surface area contributed by atoms with E-state index in [0.717, 1.165) is 23.2 Å². The number of fused-ring (bicyclic) bond motifs is 1. The number of anilines is 1. The van der Waals surface area contributed by atoms with Gasteiger partial charge in [-0.25, -0.2) is 4.79 Å². The lowest BCUT2D eigenvalue weighted by atomic mass is 9.91. The first-order valence-electron chi connectivity index (χ1n) is 7.96. The fourth-order valence-electron chi connectivity index (χ4n) is 3.33. The predicted molar refractivity (Wildman–Crippen MR) is 94.0 cm³/mol. The number of carbonyl (C=O) groups excluding carboxylic acids is 2. The molecule has 1 aliphatic heterocycles. The standard InChI is InChI=1S/C19H21N3O2/c1-12-6-3-4-7-13(12)10-14-8-5-9-15-11-16(21-19(20)24)18(23)22(2)17(14)15/h3-9,16H,10-11H2,1-2H3,(H3,20,21,24)/t16-/m1/s1. The van der Waals surface area contributed by atoms with Crippen molar-refractivity contribution in [3.05, 3.63) is 64.7 Å². The predicted octanol–water partition coefficient (Wildman–Crippen LogP) is 2.14. The molecule has 2 aromatic carbocycles. The number of hydrogen-bond donors (Lipinski definition) is 2. The number of amides is 3. The molecule has 0 bridgehead atoms. The lowest BCUT2D eigenvalue weighted by Crippen LogP contribution is -2.53. The van der Waals surface area contributed by atoms with Gasteiger partial charge in [0, 0.05) is 13.5 Å². The van der Waals surface area contributed by atoms with Gasteiger partial charge in [0.05, 0.1) is 5.69 Å². The Morgan fingerprint density at radius 2 is 1.92 bits per heavy atom. The van der Waals surface area contributed by atoms with Gasteiger partial charge in [0.2, 0.25) is 5.91 Å². The van der Waals surface area contributed by atoms with Crippen molar-refractivity contribution < 1.29 is 9.59 Å². The molecule has 2 aromatic rings. The molecule has 3 amide bonds. The summed E-state index contributed by atoms with van der Waals surface area (Å²) in [5.74, 6) is -0.140. The minimum atomic E-state index is -0.679. The Bertz CT molecular complexity index is 801. The van der Waals surface area contributed by atoms with E-state index in [-0.39, 0.29) is 5.91 Å². The Kier molecular flexibility index (Phi) is 4.25. The van der Waals surface area contributed by atoms with E-state index in [4.69, 9.17) is 5.73 Å². The molecule has 124 valence electrons. The minimum absolute atomic E-state index is 0.140. The number of likely N-dealkylation sites (N-methyl/N-ethyl adjacent to an activating group) is 1. The zero-order valence-corrected chi connectivity index (χ0v) is 13.9. The summed E-state index contributed by atoms with van der Waals surface area (Å²) in [6.07, 6.45) is 1.23. The van der Waals surface area contributed by atoms with E-state index in [1.807, 2.05) is 24.3 Å². The molecule has 3 rings (SSSR count). The van der Waals surface area contributed by atoms with Crippen molar-refractivity contribution in [3.63, 3.8) is 0 Å². The summed E-state index contributed by atoms with van der Waals surface area (Å²) in [6.45, 7) is 2.09. The van der Waals surface area contributed by atoms with E-state index >= 15 is 0 Å². The quantitative estimate of drug-likeness (QED) is 0.908. The first-order chi connectivity index (χ1) is 11.5. The fourth-order valence-corrected chi connectivity index (χ4v) is 3.33. The van der Waals surface area contributed by atoms with Gasteiger partial charge in [0.25, 0.3) is 0 Å². The summed E-state index contributed by atoms with van der Waals surface area (Å²) in [5.41, 5.74) is 10.7. The first-order valence-corrected chi connectivity index (χ1v) is 7.96. The SMILES string of the molecule is Cc1ccccc1Cc1cccc2c1N(C)C(=O)[C@H](NC(N)=O)C2. The van der Waals surface area contributed by atoms with Crippen LogP contribution in [0, 0.1) is 6.92 Å². The molecule has 3 N–H and O–H groups in total. The molecule has 0 spiro atoms. The van der Waals surface area contributed by atoms with E-state index in [0.29, 0.717) is 6.42 Å². The average Bonchev–Trinajstić information content (AvgIpc) is 2.54. The fraction of sp³-hybridized carbons (Fsp3) is 0.263. The highest BCUT2D eigenvalue weighted by Gasteiger charge is 2.32. The third kappa shape index (κ3) is 2.97. The molecular formula is C19H21N3O2. The van der Waals surface area contributed by atoms with Crippen molar-refractivity contribution in [2.45, 2.75) is 25.8 Å². The van der Waals surface area contributed by atoms with Crippen LogP contribution in [0.15, 0.2) is 42.5 Å². The van der Waals surface area contributed by atoms with Crippen LogP contribution in [0.1, 0.15) is 22.3 Å². The van der Waals surface area contributed by atoms with Crippen molar-refractivity contribution in [3.8, 4) is 0 Å². The molecule has 1 heterocycles. The second-order valence-corrected chi connectivity index (χ2v) is 6.19. The molecule has 0 saturated carbocycles. The largest absolute Gasteiger partial charge is 0.352 e. The van der Waals surface area contributed by atoms with Crippen LogP contribution in [0.25, 0.3) is 0 Å². The maximum atomic E-state index is 12.6. The minimum Gasteiger partial charge on any atom is -0.352 e. The molecule has 0 aliphatic carbocycles. The number of nitrogens with one attached hydrogen (secondary N) is 1. The molecule has 5 nitrogen and oxygen atoms in total. The van der Waals surface area contributed by atoms with Crippen LogP contribution >= 0.6 is 0 Å². The van der Waals surface area contributed by atoms with E-state index in [2.05, 4.69) is 30.4 Å². The van der Waals surface area contributed by atoms with Gasteiger partial charge >= 0.3 is 6.03 Å². The van der Waals surface area contributed by atoms with Crippen molar-refractivity contribution >= 4 is 17.6 Å². The average molecular weight is 323 g/mol. The summed E-state index contributed by atoms with van der Waals surface area (Å²) < 4.78 is 0. The molecule has 0 unspecified atom stereocenters. The zero-order chi connectivity index (χ0) is 17.3. The van der Waals surface area contributed by atoms with Gasteiger partial charge in [-0.05, 0) is 35.6 Å². The summed E-state index contributed by atoms with van der Waals surface area (Å²) in [4.78, 5) is 25.3. The van der Waals surface area contributed by atoms with Crippen LogP contribution in [0.4, 0.5) is 10.5 Å². The third-order valence-corrected chi connectivity index (χ3v) is 4.55. The van der Waals surface area contributed by atoms with Gasteiger partial charge < -0.3 is 16.0 Å². The van der Waals surface area contributed by atoms with Gasteiger partial charge in [-0.15, -0.1) is 0 Å². The third-order valence-electron chi connectivity index (χ3n) is 4.55. The Morgan fingerprint density at radius 1 is 1.21 bits per heavy atom. The van der Waals surface area contributed by atoms with Gasteiger partial charge in [-0.2, -0.15) is 0 Å². The Labute approximate surface area is 141 Å². The smallest absolute Gasteiger partial charge is 0.312 e. The van der Waals surface area contributed by atoms with Crippen LogP contribution in [-0.2, 0) is 17.6 Å². The van der Waals surface area contributed by atoms with Crippen molar-refractivity contribution in [2.24, 2.45) is 5.73 Å². The normalized spacial score (nSPS) is 16.7. The molecule has 24 heavy (non-hydrogen) atoms. The number of hydrogen-bond acceptors (Lipinski definition) is 2. The lowest BCUT2D eigenvalue weighted by Gasteiger charge is -2.33. The number of benzene rings is 2. The van der Waals surface area contributed by atoms with Crippen LogP contribution < -0.4 is 16.0 Å². The van der Waals surface area contributed by atoms with E-state index in [1.54, 1.807) is 11.9 Å². The Hall–Kier alpha value is -2.82. The highest BCUT2D eigenvalue weighted by molar-refractivity contribution is 6.02. The highest BCUT2D eigenvalue weighted by atomic mass is 16.2. The lowest BCUT2D eigenvalue weighted by molar-refractivity contribution is -0.120. The molecule has 1 atom stereocenters. The summed E-state index contributed by atoms with van der Waals surface area (Å²) in [6, 6.07) is 13.0. The number of nitrogens with two attached hydrogens (primary N) is 1.